The Morgan fingerprint density at radius 3 is 2.09 bits per heavy atom. The van der Waals surface area contributed by atoms with E-state index in [1.807, 2.05) is 72.8 Å². The highest BCUT2D eigenvalue weighted by molar-refractivity contribution is 6.11. The Morgan fingerprint density at radius 2 is 1.50 bits per heavy atom. The van der Waals surface area contributed by atoms with E-state index in [0.29, 0.717) is 41.2 Å². The number of fused-ring (bicyclic) bond motifs is 4. The summed E-state index contributed by atoms with van der Waals surface area (Å²) in [6, 6.07) is 21.6. The van der Waals surface area contributed by atoms with Crippen LogP contribution in [0.2, 0.25) is 0 Å². The highest BCUT2D eigenvalue weighted by Crippen LogP contribution is 2.67. The molecule has 1 spiro atoms. The molecule has 0 bridgehead atoms. The lowest BCUT2D eigenvalue weighted by molar-refractivity contribution is -0.281. The second-order valence-electron chi connectivity index (χ2n) is 11.0. The lowest BCUT2D eigenvalue weighted by Crippen LogP contribution is -2.63. The third-order valence-corrected chi connectivity index (χ3v) is 9.07. The number of hydrogen-bond acceptors (Lipinski definition) is 9. The zero-order valence-corrected chi connectivity index (χ0v) is 25.2. The number of Topliss-reactive ketones (excluding diaryl/α,β-unsaturated/α-hetero) is 1. The van der Waals surface area contributed by atoms with Crippen LogP contribution in [0.4, 0.5) is 0 Å². The van der Waals surface area contributed by atoms with Crippen molar-refractivity contribution in [2.75, 3.05) is 35.5 Å². The Bertz CT molecular complexity index is 1660. The molecule has 0 saturated heterocycles. The summed E-state index contributed by atoms with van der Waals surface area (Å²) in [5.74, 6) is -0.669. The number of allylic oxidation sites excluding steroid dienone is 1. The number of rotatable bonds is 7. The van der Waals surface area contributed by atoms with Crippen LogP contribution >= 0.6 is 0 Å². The van der Waals surface area contributed by atoms with Crippen LogP contribution in [0.1, 0.15) is 53.4 Å². The fraction of sp³-hybridized carbons (Fsp3) is 0.343. The van der Waals surface area contributed by atoms with Crippen molar-refractivity contribution in [3.63, 3.8) is 0 Å². The first-order valence-corrected chi connectivity index (χ1v) is 14.5. The number of ether oxygens (including phenoxy) is 8. The van der Waals surface area contributed by atoms with E-state index in [4.69, 9.17) is 37.9 Å². The third-order valence-electron chi connectivity index (χ3n) is 9.07. The summed E-state index contributed by atoms with van der Waals surface area (Å²) in [4.78, 5) is 14.1. The first kappa shape index (κ1) is 28.5. The fourth-order valence-corrected chi connectivity index (χ4v) is 7.11. The van der Waals surface area contributed by atoms with Crippen LogP contribution in [-0.4, -0.2) is 47.1 Å². The Labute approximate surface area is 255 Å². The minimum absolute atomic E-state index is 0.00908. The highest BCUT2D eigenvalue weighted by Gasteiger charge is 2.75. The van der Waals surface area contributed by atoms with Gasteiger partial charge in [0.15, 0.2) is 17.3 Å². The summed E-state index contributed by atoms with van der Waals surface area (Å²) >= 11 is 0. The van der Waals surface area contributed by atoms with Crippen molar-refractivity contribution in [3.8, 4) is 17.2 Å². The van der Waals surface area contributed by atoms with Crippen molar-refractivity contribution in [2.45, 2.75) is 42.5 Å². The topological polar surface area (TPSA) is 90.9 Å². The summed E-state index contributed by atoms with van der Waals surface area (Å²) in [7, 11) is 7.68. The number of methoxy groups -OCH3 is 5. The van der Waals surface area contributed by atoms with Gasteiger partial charge in [0.25, 0.3) is 5.79 Å². The minimum atomic E-state index is -1.76. The minimum Gasteiger partial charge on any atom is -0.494 e. The van der Waals surface area contributed by atoms with E-state index >= 15 is 0 Å². The fourth-order valence-electron chi connectivity index (χ4n) is 7.11. The summed E-state index contributed by atoms with van der Waals surface area (Å²) in [5.41, 5.74) is 1.79. The summed E-state index contributed by atoms with van der Waals surface area (Å²) in [6.45, 7) is 0. The first-order valence-electron chi connectivity index (χ1n) is 14.5. The molecular formula is C35H34O9. The van der Waals surface area contributed by atoms with Gasteiger partial charge in [-0.25, -0.2) is 0 Å². The second kappa shape index (κ2) is 10.7. The third kappa shape index (κ3) is 3.73. The van der Waals surface area contributed by atoms with E-state index in [-0.39, 0.29) is 23.2 Å². The summed E-state index contributed by atoms with van der Waals surface area (Å²) in [6.07, 6.45) is 1.61. The lowest BCUT2D eigenvalue weighted by atomic mass is 9.72. The largest absolute Gasteiger partial charge is 0.494 e. The summed E-state index contributed by atoms with van der Waals surface area (Å²) in [5, 5.41) is 0. The van der Waals surface area contributed by atoms with Crippen molar-refractivity contribution in [3.05, 3.63) is 112 Å². The maximum Gasteiger partial charge on any atom is 0.282 e. The Morgan fingerprint density at radius 1 is 0.818 bits per heavy atom. The molecular weight excluding hydrogens is 564 g/mol. The molecule has 1 aliphatic carbocycles. The van der Waals surface area contributed by atoms with Crippen molar-refractivity contribution >= 4 is 5.78 Å². The Kier molecular flexibility index (Phi) is 6.92. The van der Waals surface area contributed by atoms with Crippen molar-refractivity contribution < 1.29 is 42.7 Å². The van der Waals surface area contributed by atoms with E-state index in [9.17, 15) is 4.79 Å². The van der Waals surface area contributed by atoms with Gasteiger partial charge in [0.05, 0.1) is 44.7 Å². The molecule has 9 heteroatoms. The van der Waals surface area contributed by atoms with Crippen molar-refractivity contribution in [2.24, 2.45) is 0 Å². The predicted octanol–water partition coefficient (Wildman–Crippen LogP) is 6.01. The molecule has 0 saturated carbocycles. The Hall–Kier alpha value is -4.31. The zero-order valence-electron chi connectivity index (χ0n) is 25.2. The van der Waals surface area contributed by atoms with Crippen LogP contribution in [0.5, 0.6) is 17.2 Å². The average molecular weight is 599 g/mol. The van der Waals surface area contributed by atoms with E-state index in [1.165, 1.54) is 21.3 Å². The molecule has 3 aromatic rings. The number of carbonyl (C=O) groups is 1. The van der Waals surface area contributed by atoms with Gasteiger partial charge >= 0.3 is 0 Å². The molecule has 228 valence electrons. The predicted molar refractivity (Wildman–Crippen MR) is 158 cm³/mol. The molecule has 4 aliphatic rings. The van der Waals surface area contributed by atoms with Gasteiger partial charge in [0.1, 0.15) is 11.9 Å². The number of ketones is 1. The van der Waals surface area contributed by atoms with Gasteiger partial charge in [-0.2, -0.15) is 0 Å². The zero-order chi connectivity index (χ0) is 30.6. The lowest BCUT2D eigenvalue weighted by Gasteiger charge is -2.49. The number of carbonyl (C=O) groups excluding carboxylic acids is 1. The molecule has 0 fully saturated rings. The maximum atomic E-state index is 14.1. The van der Waals surface area contributed by atoms with Crippen LogP contribution in [0.3, 0.4) is 0 Å². The molecule has 3 aromatic carbocycles. The molecule has 5 atom stereocenters. The van der Waals surface area contributed by atoms with Crippen molar-refractivity contribution in [1.29, 1.82) is 0 Å². The molecule has 0 N–H and O–H groups in total. The van der Waals surface area contributed by atoms with Gasteiger partial charge in [0.2, 0.25) is 17.1 Å². The molecule has 3 heterocycles. The molecule has 44 heavy (non-hydrogen) atoms. The number of hydrogen-bond donors (Lipinski definition) is 0. The van der Waals surface area contributed by atoms with Crippen LogP contribution in [0, 0.1) is 0 Å². The van der Waals surface area contributed by atoms with Gasteiger partial charge in [-0.1, -0.05) is 66.7 Å². The maximum absolute atomic E-state index is 14.1. The summed E-state index contributed by atoms with van der Waals surface area (Å²) < 4.78 is 50.8. The monoisotopic (exact) mass is 598 g/mol. The molecule has 7 rings (SSSR count). The molecule has 9 nitrogen and oxygen atoms in total. The molecule has 0 amide bonds. The van der Waals surface area contributed by atoms with E-state index in [0.717, 1.165) is 11.1 Å². The standard InChI is InChI=1S/C35H34O9/c1-37-26-19-25(21-14-10-7-11-15-21)42-31-27(38-2)18-23-30(28(26)31)44-35-22(16-17-24(43-35)20-12-8-6-9-13-20)29(36)32(39-3)33(40-4)34(23,35)41-5/h6-16,18,24-26H,17,19H2,1-5H3/t24-,25-,26+,34-,35-/m1/s1. The van der Waals surface area contributed by atoms with Gasteiger partial charge in [0, 0.05) is 26.2 Å². The average Bonchev–Trinajstić information content (AvgIpc) is 3.36. The Balaban J connectivity index is 1.49. The van der Waals surface area contributed by atoms with Gasteiger partial charge in [-0.3, -0.25) is 4.79 Å². The number of benzene rings is 3. The molecule has 0 aromatic heterocycles. The van der Waals surface area contributed by atoms with Gasteiger partial charge in [-0.05, 0) is 23.6 Å². The normalized spacial score (nSPS) is 28.4. The molecule has 3 aliphatic heterocycles. The van der Waals surface area contributed by atoms with E-state index in [1.54, 1.807) is 14.2 Å². The van der Waals surface area contributed by atoms with Gasteiger partial charge in [-0.15, -0.1) is 0 Å². The van der Waals surface area contributed by atoms with Gasteiger partial charge < -0.3 is 37.9 Å². The molecule has 0 unspecified atom stereocenters. The van der Waals surface area contributed by atoms with Crippen LogP contribution in [0.25, 0.3) is 0 Å². The van der Waals surface area contributed by atoms with Crippen molar-refractivity contribution in [1.82, 2.24) is 0 Å². The second-order valence-corrected chi connectivity index (χ2v) is 11.0. The smallest absolute Gasteiger partial charge is 0.282 e. The molecule has 0 radical (unpaired) electrons. The van der Waals surface area contributed by atoms with E-state index in [2.05, 4.69) is 0 Å². The van der Waals surface area contributed by atoms with Crippen LogP contribution in [0.15, 0.2) is 89.9 Å². The first-order chi connectivity index (χ1) is 21.5. The quantitative estimate of drug-likeness (QED) is 0.324. The highest BCUT2D eigenvalue weighted by atomic mass is 16.7. The SMILES string of the molecule is COC1=C(OC)[C@]2(OC)c3cc(OC)c4c(c3O[C@@]23O[C@@H](c2ccccc2)CC=C3C1=O)[C@@H](OC)C[C@H](c1ccccc1)O4. The van der Waals surface area contributed by atoms with E-state index < -0.39 is 29.4 Å². The van der Waals surface area contributed by atoms with Crippen LogP contribution in [-0.2, 0) is 34.1 Å². The van der Waals surface area contributed by atoms with Crippen LogP contribution < -0.4 is 14.2 Å².